The Bertz CT molecular complexity index is 302. The molecule has 0 aliphatic rings. The molecule has 1 amide bonds. The second kappa shape index (κ2) is 18.4. The van der Waals surface area contributed by atoms with Crippen LogP contribution in [0, 0.1) is 0 Å². The van der Waals surface area contributed by atoms with Crippen molar-refractivity contribution in [2.75, 3.05) is 6.54 Å². The maximum Gasteiger partial charge on any atom is 0.219 e. The van der Waals surface area contributed by atoms with Crippen molar-refractivity contribution in [1.29, 1.82) is 0 Å². The van der Waals surface area contributed by atoms with Gasteiger partial charge in [-0.05, 0) is 12.8 Å². The maximum absolute atomic E-state index is 11.6. The minimum absolute atomic E-state index is 0.140. The minimum Gasteiger partial charge on any atom is -0.513 e. The fraction of sp³-hybridized carbons (Fsp3) is 0.857. The van der Waals surface area contributed by atoms with Crippen LogP contribution in [0.5, 0.6) is 0 Å². The number of carbonyl (C=O) groups excluding carboxylic acids is 1. The molecular formula is C21H41NO2. The highest BCUT2D eigenvalue weighted by atomic mass is 16.3. The number of aliphatic hydroxyl groups is 1. The number of unbranched alkanes of at least 4 members (excludes halogenated alkanes) is 12. The average molecular weight is 340 g/mol. The zero-order valence-corrected chi connectivity index (χ0v) is 16.1. The number of hydrogen-bond acceptors (Lipinski definition) is 2. The summed E-state index contributed by atoms with van der Waals surface area (Å²) < 4.78 is 0. The van der Waals surface area contributed by atoms with E-state index in [9.17, 15) is 4.79 Å². The van der Waals surface area contributed by atoms with E-state index in [4.69, 9.17) is 5.11 Å². The Balaban J connectivity index is 3.14. The van der Waals surface area contributed by atoms with Gasteiger partial charge in [0.15, 0.2) is 0 Å². The smallest absolute Gasteiger partial charge is 0.219 e. The number of rotatable bonds is 18. The van der Waals surface area contributed by atoms with Gasteiger partial charge in [-0.1, -0.05) is 90.6 Å². The van der Waals surface area contributed by atoms with E-state index in [2.05, 4.69) is 18.8 Å². The number of amides is 1. The number of aliphatic hydroxyl groups excluding tert-OH is 1. The molecule has 0 aromatic heterocycles. The first-order valence-electron chi connectivity index (χ1n) is 10.3. The minimum atomic E-state index is 0.140. The van der Waals surface area contributed by atoms with E-state index in [1.165, 1.54) is 70.6 Å². The van der Waals surface area contributed by atoms with Crippen molar-refractivity contribution in [2.24, 2.45) is 0 Å². The second-order valence-electron chi connectivity index (χ2n) is 7.01. The number of hydrogen-bond donors (Lipinski definition) is 2. The molecule has 0 atom stereocenters. The average Bonchev–Trinajstić information content (AvgIpc) is 2.55. The molecule has 0 unspecified atom stereocenters. The molecule has 3 heteroatoms. The summed E-state index contributed by atoms with van der Waals surface area (Å²) in [4.78, 5) is 11.6. The van der Waals surface area contributed by atoms with Crippen molar-refractivity contribution in [3.8, 4) is 0 Å². The van der Waals surface area contributed by atoms with Crippen molar-refractivity contribution in [2.45, 2.75) is 110 Å². The van der Waals surface area contributed by atoms with Crippen molar-refractivity contribution < 1.29 is 9.90 Å². The lowest BCUT2D eigenvalue weighted by molar-refractivity contribution is -0.121. The third-order valence-electron chi connectivity index (χ3n) is 4.47. The SMILES string of the molecule is C=C(O)CCCNC(=O)CCCCCCCCCCCCCCC. The van der Waals surface area contributed by atoms with E-state index in [0.717, 1.165) is 19.3 Å². The Hall–Kier alpha value is -0.990. The molecule has 0 saturated carbocycles. The summed E-state index contributed by atoms with van der Waals surface area (Å²) in [6.07, 6.45) is 19.2. The van der Waals surface area contributed by atoms with Crippen LogP contribution in [0.15, 0.2) is 12.3 Å². The van der Waals surface area contributed by atoms with Gasteiger partial charge in [0.05, 0.1) is 5.76 Å². The maximum atomic E-state index is 11.6. The monoisotopic (exact) mass is 339 g/mol. The van der Waals surface area contributed by atoms with Crippen LogP contribution in [-0.4, -0.2) is 17.6 Å². The molecule has 142 valence electrons. The van der Waals surface area contributed by atoms with E-state index in [1.807, 2.05) is 0 Å². The number of allylic oxidation sites excluding steroid dienone is 1. The van der Waals surface area contributed by atoms with Crippen molar-refractivity contribution in [3.05, 3.63) is 12.3 Å². The summed E-state index contributed by atoms with van der Waals surface area (Å²) in [6, 6.07) is 0. The van der Waals surface area contributed by atoms with E-state index in [0.29, 0.717) is 19.4 Å². The van der Waals surface area contributed by atoms with Crippen LogP contribution in [0.25, 0.3) is 0 Å². The van der Waals surface area contributed by atoms with Crippen LogP contribution < -0.4 is 5.32 Å². The molecular weight excluding hydrogens is 298 g/mol. The first-order chi connectivity index (χ1) is 11.7. The second-order valence-corrected chi connectivity index (χ2v) is 7.01. The first-order valence-corrected chi connectivity index (χ1v) is 10.3. The first kappa shape index (κ1) is 23.0. The summed E-state index contributed by atoms with van der Waals surface area (Å²) in [5, 5.41) is 11.8. The number of carbonyl (C=O) groups is 1. The Morgan fingerprint density at radius 3 is 1.67 bits per heavy atom. The fourth-order valence-electron chi connectivity index (χ4n) is 2.91. The highest BCUT2D eigenvalue weighted by Gasteiger charge is 2.00. The molecule has 3 nitrogen and oxygen atoms in total. The molecule has 0 spiro atoms. The van der Waals surface area contributed by atoms with Gasteiger partial charge in [-0.25, -0.2) is 0 Å². The van der Waals surface area contributed by atoms with E-state index < -0.39 is 0 Å². The Morgan fingerprint density at radius 1 is 0.750 bits per heavy atom. The number of nitrogens with one attached hydrogen (secondary N) is 1. The van der Waals surface area contributed by atoms with Crippen molar-refractivity contribution >= 4 is 5.91 Å². The van der Waals surface area contributed by atoms with Crippen LogP contribution in [0.2, 0.25) is 0 Å². The van der Waals surface area contributed by atoms with E-state index in [-0.39, 0.29) is 11.7 Å². The molecule has 0 saturated heterocycles. The Labute approximate surface area is 150 Å². The van der Waals surface area contributed by atoms with Gasteiger partial charge in [-0.15, -0.1) is 0 Å². The third-order valence-corrected chi connectivity index (χ3v) is 4.47. The Kier molecular flexibility index (Phi) is 17.6. The zero-order chi connectivity index (χ0) is 17.9. The summed E-state index contributed by atoms with van der Waals surface area (Å²) in [7, 11) is 0. The largest absolute Gasteiger partial charge is 0.513 e. The van der Waals surface area contributed by atoms with Crippen LogP contribution in [0.3, 0.4) is 0 Å². The fourth-order valence-corrected chi connectivity index (χ4v) is 2.91. The van der Waals surface area contributed by atoms with Gasteiger partial charge in [0.1, 0.15) is 0 Å². The van der Waals surface area contributed by atoms with E-state index in [1.54, 1.807) is 0 Å². The highest BCUT2D eigenvalue weighted by molar-refractivity contribution is 5.75. The van der Waals surface area contributed by atoms with Gasteiger partial charge < -0.3 is 10.4 Å². The van der Waals surface area contributed by atoms with Gasteiger partial charge in [-0.2, -0.15) is 0 Å². The van der Waals surface area contributed by atoms with Gasteiger partial charge >= 0.3 is 0 Å². The summed E-state index contributed by atoms with van der Waals surface area (Å²) >= 11 is 0. The molecule has 0 radical (unpaired) electrons. The molecule has 0 aromatic carbocycles. The van der Waals surface area contributed by atoms with Crippen LogP contribution >= 0.6 is 0 Å². The molecule has 0 heterocycles. The molecule has 0 bridgehead atoms. The summed E-state index contributed by atoms with van der Waals surface area (Å²) in [5.41, 5.74) is 0. The normalized spacial score (nSPS) is 10.7. The molecule has 0 rings (SSSR count). The zero-order valence-electron chi connectivity index (χ0n) is 16.1. The van der Waals surface area contributed by atoms with Crippen LogP contribution in [-0.2, 0) is 4.79 Å². The van der Waals surface area contributed by atoms with Crippen LogP contribution in [0.1, 0.15) is 110 Å². The quantitative estimate of drug-likeness (QED) is 0.223. The molecule has 2 N–H and O–H groups in total. The summed E-state index contributed by atoms with van der Waals surface area (Å²) in [6.45, 7) is 6.33. The molecule has 24 heavy (non-hydrogen) atoms. The topological polar surface area (TPSA) is 49.3 Å². The van der Waals surface area contributed by atoms with E-state index >= 15 is 0 Å². The molecule has 0 fully saturated rings. The van der Waals surface area contributed by atoms with Gasteiger partial charge in [0, 0.05) is 19.4 Å². The molecule has 0 aromatic rings. The van der Waals surface area contributed by atoms with Crippen molar-refractivity contribution in [3.63, 3.8) is 0 Å². The van der Waals surface area contributed by atoms with Crippen LogP contribution in [0.4, 0.5) is 0 Å². The Morgan fingerprint density at radius 2 is 1.21 bits per heavy atom. The lowest BCUT2D eigenvalue weighted by Gasteiger charge is -2.05. The third kappa shape index (κ3) is 19.1. The van der Waals surface area contributed by atoms with Gasteiger partial charge in [0.2, 0.25) is 5.91 Å². The molecule has 0 aliphatic carbocycles. The van der Waals surface area contributed by atoms with Crippen molar-refractivity contribution in [1.82, 2.24) is 5.32 Å². The van der Waals surface area contributed by atoms with Gasteiger partial charge in [0.25, 0.3) is 0 Å². The lowest BCUT2D eigenvalue weighted by atomic mass is 10.0. The standard InChI is InChI=1S/C21H41NO2/c1-3-4-5-6-7-8-9-10-11-12-13-14-15-18-21(24)22-19-16-17-20(2)23/h23H,2-19H2,1H3,(H,22,24). The summed E-state index contributed by atoms with van der Waals surface area (Å²) in [5.74, 6) is 0.336. The predicted octanol–water partition coefficient (Wildman–Crippen LogP) is 6.44. The highest BCUT2D eigenvalue weighted by Crippen LogP contribution is 2.12. The lowest BCUT2D eigenvalue weighted by Crippen LogP contribution is -2.24. The molecule has 0 aliphatic heterocycles. The predicted molar refractivity (Wildman–Crippen MR) is 104 cm³/mol. The van der Waals surface area contributed by atoms with Gasteiger partial charge in [-0.3, -0.25) is 4.79 Å².